The molecule has 0 aromatic heterocycles. The molecule has 0 heterocycles. The van der Waals surface area contributed by atoms with Crippen LogP contribution in [-0.2, 0) is 4.74 Å². The SMILES string of the molecule is CCOCCCNC(=O)Nc1cc(C)cc(C)c1. The van der Waals surface area contributed by atoms with Crippen LogP contribution in [0.1, 0.15) is 24.5 Å². The molecule has 0 bridgehead atoms. The van der Waals surface area contributed by atoms with Gasteiger partial charge in [-0.05, 0) is 50.5 Å². The first kappa shape index (κ1) is 14.5. The summed E-state index contributed by atoms with van der Waals surface area (Å²) in [4.78, 5) is 11.6. The standard InChI is InChI=1S/C14H22N2O2/c1-4-18-7-5-6-15-14(17)16-13-9-11(2)8-12(3)10-13/h8-10H,4-7H2,1-3H3,(H2,15,16,17). The minimum Gasteiger partial charge on any atom is -0.382 e. The minimum atomic E-state index is -0.170. The van der Waals surface area contributed by atoms with Gasteiger partial charge in [-0.3, -0.25) is 0 Å². The van der Waals surface area contributed by atoms with Crippen molar-refractivity contribution in [2.75, 3.05) is 25.1 Å². The molecule has 0 saturated heterocycles. The topological polar surface area (TPSA) is 50.4 Å². The number of urea groups is 1. The molecule has 4 heteroatoms. The number of hydrogen-bond acceptors (Lipinski definition) is 2. The van der Waals surface area contributed by atoms with Crippen LogP contribution < -0.4 is 10.6 Å². The molecule has 1 rings (SSSR count). The maximum Gasteiger partial charge on any atom is 0.319 e. The minimum absolute atomic E-state index is 0.170. The fourth-order valence-electron chi connectivity index (χ4n) is 1.74. The van der Waals surface area contributed by atoms with Gasteiger partial charge in [0, 0.05) is 25.4 Å². The highest BCUT2D eigenvalue weighted by Crippen LogP contribution is 2.13. The van der Waals surface area contributed by atoms with Crippen molar-refractivity contribution >= 4 is 11.7 Å². The smallest absolute Gasteiger partial charge is 0.319 e. The lowest BCUT2D eigenvalue weighted by Crippen LogP contribution is -2.30. The van der Waals surface area contributed by atoms with E-state index >= 15 is 0 Å². The number of carbonyl (C=O) groups excluding carboxylic acids is 1. The van der Waals surface area contributed by atoms with E-state index in [4.69, 9.17) is 4.74 Å². The predicted molar refractivity (Wildman–Crippen MR) is 74.0 cm³/mol. The molecule has 1 aromatic carbocycles. The first-order valence-electron chi connectivity index (χ1n) is 6.32. The molecule has 0 radical (unpaired) electrons. The summed E-state index contributed by atoms with van der Waals surface area (Å²) in [6.45, 7) is 8.00. The predicted octanol–water partition coefficient (Wildman–Crippen LogP) is 2.85. The Morgan fingerprint density at radius 1 is 1.22 bits per heavy atom. The molecule has 2 N–H and O–H groups in total. The molecular formula is C14H22N2O2. The summed E-state index contributed by atoms with van der Waals surface area (Å²) in [6.07, 6.45) is 0.827. The van der Waals surface area contributed by atoms with E-state index in [1.165, 1.54) is 0 Å². The molecule has 2 amide bonds. The number of amides is 2. The summed E-state index contributed by atoms with van der Waals surface area (Å²) in [7, 11) is 0. The van der Waals surface area contributed by atoms with Gasteiger partial charge in [0.25, 0.3) is 0 Å². The molecule has 0 aliphatic heterocycles. The average Bonchev–Trinajstić information content (AvgIpc) is 2.27. The van der Waals surface area contributed by atoms with E-state index in [9.17, 15) is 4.79 Å². The molecule has 18 heavy (non-hydrogen) atoms. The molecule has 4 nitrogen and oxygen atoms in total. The van der Waals surface area contributed by atoms with Crippen molar-refractivity contribution in [3.05, 3.63) is 29.3 Å². The molecule has 0 atom stereocenters. The molecular weight excluding hydrogens is 228 g/mol. The van der Waals surface area contributed by atoms with Gasteiger partial charge in [0.1, 0.15) is 0 Å². The van der Waals surface area contributed by atoms with Gasteiger partial charge in [0.05, 0.1) is 0 Å². The molecule has 0 unspecified atom stereocenters. The van der Waals surface area contributed by atoms with Crippen molar-refractivity contribution in [2.45, 2.75) is 27.2 Å². The lowest BCUT2D eigenvalue weighted by atomic mass is 10.1. The summed E-state index contributed by atoms with van der Waals surface area (Å²) in [5, 5.41) is 5.62. The summed E-state index contributed by atoms with van der Waals surface area (Å²) in [5.74, 6) is 0. The van der Waals surface area contributed by atoms with Crippen LogP contribution in [0, 0.1) is 13.8 Å². The first-order chi connectivity index (χ1) is 8.61. The van der Waals surface area contributed by atoms with Gasteiger partial charge in [0.2, 0.25) is 0 Å². The molecule has 1 aromatic rings. The van der Waals surface area contributed by atoms with Crippen molar-refractivity contribution in [2.24, 2.45) is 0 Å². The Morgan fingerprint density at radius 2 is 1.89 bits per heavy atom. The second-order valence-corrected chi connectivity index (χ2v) is 4.31. The highest BCUT2D eigenvalue weighted by Gasteiger charge is 2.01. The Kier molecular flexibility index (Phi) is 6.22. The Balaban J connectivity index is 2.31. The average molecular weight is 250 g/mol. The summed E-state index contributed by atoms with van der Waals surface area (Å²) >= 11 is 0. The molecule has 0 aliphatic carbocycles. The van der Waals surface area contributed by atoms with Gasteiger partial charge in [0.15, 0.2) is 0 Å². The van der Waals surface area contributed by atoms with Crippen LogP contribution in [0.5, 0.6) is 0 Å². The van der Waals surface area contributed by atoms with Gasteiger partial charge in [-0.15, -0.1) is 0 Å². The van der Waals surface area contributed by atoms with Crippen molar-refractivity contribution in [3.8, 4) is 0 Å². The number of anilines is 1. The summed E-state index contributed by atoms with van der Waals surface area (Å²) < 4.78 is 5.19. The third-order valence-corrected chi connectivity index (χ3v) is 2.43. The maximum atomic E-state index is 11.6. The Labute approximate surface area is 109 Å². The fourth-order valence-corrected chi connectivity index (χ4v) is 1.74. The second-order valence-electron chi connectivity index (χ2n) is 4.31. The van der Waals surface area contributed by atoms with Gasteiger partial charge < -0.3 is 15.4 Å². The molecule has 100 valence electrons. The fraction of sp³-hybridized carbons (Fsp3) is 0.500. The van der Waals surface area contributed by atoms with Crippen molar-refractivity contribution < 1.29 is 9.53 Å². The second kappa shape index (κ2) is 7.71. The first-order valence-corrected chi connectivity index (χ1v) is 6.32. The van der Waals surface area contributed by atoms with Crippen LogP contribution in [-0.4, -0.2) is 25.8 Å². The Hall–Kier alpha value is -1.55. The largest absolute Gasteiger partial charge is 0.382 e. The quantitative estimate of drug-likeness (QED) is 0.763. The summed E-state index contributed by atoms with van der Waals surface area (Å²) in [6, 6.07) is 5.81. The van der Waals surface area contributed by atoms with E-state index in [0.29, 0.717) is 13.2 Å². The number of carbonyl (C=O) groups is 1. The highest BCUT2D eigenvalue weighted by molar-refractivity contribution is 5.89. The van der Waals surface area contributed by atoms with E-state index in [1.54, 1.807) is 0 Å². The zero-order valence-corrected chi connectivity index (χ0v) is 11.4. The summed E-state index contributed by atoms with van der Waals surface area (Å²) in [5.41, 5.74) is 3.11. The molecule has 0 aliphatic rings. The number of ether oxygens (including phenoxy) is 1. The van der Waals surface area contributed by atoms with Crippen LogP contribution in [0.3, 0.4) is 0 Å². The van der Waals surface area contributed by atoms with E-state index in [1.807, 2.05) is 32.9 Å². The zero-order valence-electron chi connectivity index (χ0n) is 11.4. The van der Waals surface area contributed by atoms with Gasteiger partial charge in [-0.2, -0.15) is 0 Å². The number of nitrogens with one attached hydrogen (secondary N) is 2. The van der Waals surface area contributed by atoms with Crippen molar-refractivity contribution in [1.82, 2.24) is 5.32 Å². The third kappa shape index (κ3) is 5.68. The Bertz CT molecular complexity index is 371. The number of hydrogen-bond donors (Lipinski definition) is 2. The number of benzene rings is 1. The van der Waals surface area contributed by atoms with Crippen LogP contribution in [0.4, 0.5) is 10.5 Å². The number of rotatable bonds is 6. The van der Waals surface area contributed by atoms with Crippen LogP contribution >= 0.6 is 0 Å². The lowest BCUT2D eigenvalue weighted by molar-refractivity contribution is 0.145. The van der Waals surface area contributed by atoms with Gasteiger partial charge in [-0.1, -0.05) is 6.07 Å². The lowest BCUT2D eigenvalue weighted by Gasteiger charge is -2.09. The van der Waals surface area contributed by atoms with Crippen LogP contribution in [0.15, 0.2) is 18.2 Å². The third-order valence-electron chi connectivity index (χ3n) is 2.43. The molecule has 0 spiro atoms. The van der Waals surface area contributed by atoms with E-state index < -0.39 is 0 Å². The van der Waals surface area contributed by atoms with E-state index in [0.717, 1.165) is 29.8 Å². The zero-order chi connectivity index (χ0) is 13.4. The Morgan fingerprint density at radius 3 is 2.50 bits per heavy atom. The van der Waals surface area contributed by atoms with E-state index in [2.05, 4.69) is 16.7 Å². The number of aryl methyl sites for hydroxylation is 2. The van der Waals surface area contributed by atoms with Crippen LogP contribution in [0.25, 0.3) is 0 Å². The molecule has 0 fully saturated rings. The van der Waals surface area contributed by atoms with Crippen molar-refractivity contribution in [3.63, 3.8) is 0 Å². The van der Waals surface area contributed by atoms with E-state index in [-0.39, 0.29) is 6.03 Å². The maximum absolute atomic E-state index is 11.6. The molecule has 0 saturated carbocycles. The van der Waals surface area contributed by atoms with Gasteiger partial charge >= 0.3 is 6.03 Å². The van der Waals surface area contributed by atoms with Gasteiger partial charge in [-0.25, -0.2) is 4.79 Å². The van der Waals surface area contributed by atoms with Crippen molar-refractivity contribution in [1.29, 1.82) is 0 Å². The highest BCUT2D eigenvalue weighted by atomic mass is 16.5. The normalized spacial score (nSPS) is 10.2. The monoisotopic (exact) mass is 250 g/mol. The van der Waals surface area contributed by atoms with Crippen LogP contribution in [0.2, 0.25) is 0 Å².